The van der Waals surface area contributed by atoms with Gasteiger partial charge in [0.15, 0.2) is 5.13 Å². The molecule has 4 heterocycles. The zero-order valence-corrected chi connectivity index (χ0v) is 37.9. The summed E-state index contributed by atoms with van der Waals surface area (Å²) < 4.78 is 27.0. The average molecular weight is 885 g/mol. The summed E-state index contributed by atoms with van der Waals surface area (Å²) in [4.78, 5) is 66.6. The van der Waals surface area contributed by atoms with Crippen molar-refractivity contribution in [1.29, 1.82) is 0 Å². The van der Waals surface area contributed by atoms with Crippen molar-refractivity contribution < 1.29 is 33.3 Å². The van der Waals surface area contributed by atoms with Crippen molar-refractivity contribution in [1.82, 2.24) is 25.5 Å². The number of benzene rings is 2. The first kappa shape index (κ1) is 44.1. The van der Waals surface area contributed by atoms with Gasteiger partial charge in [0, 0.05) is 41.8 Å². The summed E-state index contributed by atoms with van der Waals surface area (Å²) in [6, 6.07) is 15.0. The number of anilines is 1. The Labute approximate surface area is 368 Å². The van der Waals surface area contributed by atoms with Gasteiger partial charge < -0.3 is 35.2 Å². The van der Waals surface area contributed by atoms with Crippen LogP contribution in [-0.4, -0.2) is 80.6 Å². The lowest BCUT2D eigenvalue weighted by atomic mass is 10.0. The number of hydrogen-bond donors (Lipinski definition) is 4. The largest absolute Gasteiger partial charge is 0.497 e. The molecule has 2 unspecified atom stereocenters. The third-order valence-electron chi connectivity index (χ3n) is 13.2. The Balaban J connectivity index is 1.12. The number of fused-ring (bicyclic) bond motifs is 3. The second-order valence-electron chi connectivity index (χ2n) is 18.2. The highest BCUT2D eigenvalue weighted by atomic mass is 32.1. The van der Waals surface area contributed by atoms with E-state index in [1.165, 1.54) is 11.3 Å². The molecule has 2 aliphatic heterocycles. The van der Waals surface area contributed by atoms with Crippen molar-refractivity contribution in [3.63, 3.8) is 0 Å². The number of carbonyl (C=O) groups is 3. The fourth-order valence-corrected chi connectivity index (χ4v) is 13.2. The molecule has 62 heavy (non-hydrogen) atoms. The van der Waals surface area contributed by atoms with Crippen molar-refractivity contribution in [3.8, 4) is 22.9 Å². The molecule has 2 aromatic heterocycles. The molecule has 2 saturated carbocycles. The van der Waals surface area contributed by atoms with Gasteiger partial charge in [-0.05, 0) is 75.5 Å². The molecule has 6 atom stereocenters. The van der Waals surface area contributed by atoms with E-state index in [-0.39, 0.29) is 42.9 Å². The van der Waals surface area contributed by atoms with Gasteiger partial charge in [0.25, 0.3) is 0 Å². The SMILES string of the molecule is COc1ccc2c(O[C@@H]3C[C@H]4C(=O)N[C@]5(P(=O)(O)Cc6ccccc6)C[C@H]5CCCCCCCC(NC(=O)CC5CCCC5)C(=O)N4C3)cc(-c3csc(NC(C)C)n3)nc2c1. The fourth-order valence-electron chi connectivity index (χ4n) is 9.84. The first-order chi connectivity index (χ1) is 29.9. The Kier molecular flexibility index (Phi) is 13.6. The first-order valence-electron chi connectivity index (χ1n) is 22.6. The molecule has 15 heteroatoms. The summed E-state index contributed by atoms with van der Waals surface area (Å²) in [6.07, 6.45) is 10.1. The van der Waals surface area contributed by atoms with Gasteiger partial charge >= 0.3 is 0 Å². The lowest BCUT2D eigenvalue weighted by Crippen LogP contribution is -2.55. The van der Waals surface area contributed by atoms with Crippen molar-refractivity contribution in [2.45, 2.75) is 139 Å². The van der Waals surface area contributed by atoms with Crippen molar-refractivity contribution >= 4 is 52.5 Å². The topological polar surface area (TPSA) is 172 Å². The predicted molar refractivity (Wildman–Crippen MR) is 242 cm³/mol. The zero-order chi connectivity index (χ0) is 43.4. The number of amides is 3. The molecule has 3 amide bonds. The Morgan fingerprint density at radius 1 is 0.984 bits per heavy atom. The third-order valence-corrected chi connectivity index (χ3v) is 16.7. The summed E-state index contributed by atoms with van der Waals surface area (Å²) in [5.41, 5.74) is 2.64. The molecule has 2 saturated heterocycles. The van der Waals surface area contributed by atoms with E-state index < -0.39 is 36.7 Å². The van der Waals surface area contributed by atoms with Crippen LogP contribution in [0.25, 0.3) is 22.3 Å². The lowest BCUT2D eigenvalue weighted by molar-refractivity contribution is -0.142. The van der Waals surface area contributed by atoms with Crippen LogP contribution in [-0.2, 0) is 25.1 Å². The van der Waals surface area contributed by atoms with Gasteiger partial charge in [0.2, 0.25) is 25.1 Å². The minimum atomic E-state index is -3.99. The highest BCUT2D eigenvalue weighted by molar-refractivity contribution is 7.59. The van der Waals surface area contributed by atoms with Crippen LogP contribution in [0.4, 0.5) is 5.13 Å². The van der Waals surface area contributed by atoms with E-state index in [9.17, 15) is 23.8 Å². The highest BCUT2D eigenvalue weighted by Gasteiger charge is 2.66. The normalized spacial score (nSPS) is 25.9. The third kappa shape index (κ3) is 9.98. The van der Waals surface area contributed by atoms with Crippen LogP contribution in [0.5, 0.6) is 11.5 Å². The van der Waals surface area contributed by atoms with E-state index in [0.717, 1.165) is 80.3 Å². The number of pyridine rings is 1. The maximum absolute atomic E-state index is 14.9. The smallest absolute Gasteiger partial charge is 0.245 e. The molecule has 0 spiro atoms. The van der Waals surface area contributed by atoms with Gasteiger partial charge in [-0.25, -0.2) is 9.97 Å². The van der Waals surface area contributed by atoms with Crippen LogP contribution in [0, 0.1) is 11.8 Å². The number of nitrogens with zero attached hydrogens (tertiary/aromatic N) is 3. The Bertz CT molecular complexity index is 2280. The number of thiazole rings is 1. The summed E-state index contributed by atoms with van der Waals surface area (Å²) >= 11 is 1.49. The van der Waals surface area contributed by atoms with Crippen molar-refractivity contribution in [3.05, 3.63) is 65.5 Å². The molecule has 332 valence electrons. The first-order valence-corrected chi connectivity index (χ1v) is 25.3. The molecule has 4 fully saturated rings. The van der Waals surface area contributed by atoms with Crippen LogP contribution in [0.15, 0.2) is 60.0 Å². The van der Waals surface area contributed by atoms with E-state index in [1.54, 1.807) is 12.0 Å². The second-order valence-corrected chi connectivity index (χ2v) is 21.6. The number of carbonyl (C=O) groups excluding carboxylic acids is 3. The van der Waals surface area contributed by atoms with E-state index in [2.05, 4.69) is 29.8 Å². The number of rotatable bonds is 12. The van der Waals surface area contributed by atoms with Crippen molar-refractivity contribution in [2.75, 3.05) is 19.0 Å². The summed E-state index contributed by atoms with van der Waals surface area (Å²) in [7, 11) is -2.39. The fraction of sp³-hybridized carbons (Fsp3) is 0.553. The predicted octanol–water partition coefficient (Wildman–Crippen LogP) is 8.65. The second kappa shape index (κ2) is 19.1. The number of hydrogen-bond acceptors (Lipinski definition) is 10. The van der Waals surface area contributed by atoms with E-state index >= 15 is 0 Å². The molecule has 2 aromatic carbocycles. The van der Waals surface area contributed by atoms with Crippen LogP contribution in [0.2, 0.25) is 0 Å². The number of methoxy groups -OCH3 is 1. The summed E-state index contributed by atoms with van der Waals surface area (Å²) in [5.74, 6) is 0.358. The molecule has 4 N–H and O–H groups in total. The molecular weight excluding hydrogens is 824 g/mol. The van der Waals surface area contributed by atoms with Crippen LogP contribution in [0.3, 0.4) is 0 Å². The quantitative estimate of drug-likeness (QED) is 0.101. The van der Waals surface area contributed by atoms with Gasteiger partial charge in [-0.15, -0.1) is 11.3 Å². The lowest BCUT2D eigenvalue weighted by Gasteiger charge is -2.31. The number of aromatic nitrogens is 2. The molecule has 4 aromatic rings. The van der Waals surface area contributed by atoms with Gasteiger partial charge in [-0.2, -0.15) is 0 Å². The summed E-state index contributed by atoms with van der Waals surface area (Å²) in [6.45, 7) is 4.19. The highest BCUT2D eigenvalue weighted by Crippen LogP contribution is 2.71. The number of ether oxygens (including phenoxy) is 2. The van der Waals surface area contributed by atoms with E-state index in [1.807, 2.05) is 60.0 Å². The van der Waals surface area contributed by atoms with Crippen LogP contribution < -0.4 is 25.4 Å². The molecule has 8 rings (SSSR count). The Morgan fingerprint density at radius 3 is 2.48 bits per heavy atom. The molecule has 4 aliphatic rings. The standard InChI is InChI=1S/C47H61N6O7PS/c1-30(2)48-46-51-40(29-62-46)39-25-42(36-21-20-34(59-3)23-38(36)49-39)60-35-24-41-44(55)52-47(61(57,58)28-32-16-8-7-9-17-32)26-33(47)18-10-5-4-6-11-19-37(45(56)53(41)27-35)50-43(54)22-31-14-12-13-15-31/h7-9,16-17,20-21,23,25,29-31,33,35,37,41H,4-6,10-15,18-19,22,24,26-28H2,1-3H3,(H,48,51)(H,50,54)(H,52,55)(H,57,58)/t33-,35-,37?,41+,47+/m1/s1. The van der Waals surface area contributed by atoms with Gasteiger partial charge in [-0.1, -0.05) is 75.3 Å². The van der Waals surface area contributed by atoms with Gasteiger partial charge in [0.1, 0.15) is 40.7 Å². The molecule has 0 radical (unpaired) electrons. The molecule has 0 bridgehead atoms. The minimum absolute atomic E-state index is 0.0605. The van der Waals surface area contributed by atoms with E-state index in [4.69, 9.17) is 19.4 Å². The van der Waals surface area contributed by atoms with E-state index in [0.29, 0.717) is 53.6 Å². The molecule has 13 nitrogen and oxygen atoms in total. The minimum Gasteiger partial charge on any atom is -0.497 e. The van der Waals surface area contributed by atoms with Gasteiger partial charge in [0.05, 0.1) is 31.0 Å². The Morgan fingerprint density at radius 2 is 1.73 bits per heavy atom. The van der Waals surface area contributed by atoms with Gasteiger partial charge in [-0.3, -0.25) is 18.9 Å². The average Bonchev–Trinajstić information content (AvgIpc) is 3.66. The van der Waals surface area contributed by atoms with Crippen molar-refractivity contribution in [2.24, 2.45) is 11.8 Å². The number of nitrogens with one attached hydrogen (secondary N) is 3. The maximum atomic E-state index is 14.9. The monoisotopic (exact) mass is 884 g/mol. The maximum Gasteiger partial charge on any atom is 0.245 e. The summed E-state index contributed by atoms with van der Waals surface area (Å²) in [5, 5.41) is 11.7. The molecule has 2 aliphatic carbocycles. The van der Waals surface area contributed by atoms with Crippen LogP contribution >= 0.6 is 18.7 Å². The van der Waals surface area contributed by atoms with Crippen LogP contribution in [0.1, 0.15) is 109 Å². The molecular formula is C47H61N6O7PS. The zero-order valence-electron chi connectivity index (χ0n) is 36.1. The Hall–Kier alpha value is -4.52.